The van der Waals surface area contributed by atoms with E-state index >= 15 is 0 Å². The first-order valence-corrected chi connectivity index (χ1v) is 7.80. The Bertz CT molecular complexity index is 762. The minimum absolute atomic E-state index is 0.0144. The van der Waals surface area contributed by atoms with Gasteiger partial charge in [0.2, 0.25) is 5.88 Å². The minimum atomic E-state index is -0.636. The number of rotatable bonds is 5. The van der Waals surface area contributed by atoms with Crippen molar-refractivity contribution in [1.82, 2.24) is 4.98 Å². The Morgan fingerprint density at radius 2 is 1.76 bits per heavy atom. The highest BCUT2D eigenvalue weighted by Gasteiger charge is 2.21. The summed E-state index contributed by atoms with van der Waals surface area (Å²) in [7, 11) is 2.63. The predicted molar refractivity (Wildman–Crippen MR) is 95.0 cm³/mol. The molecular weight excluding hydrogens is 320 g/mol. The largest absolute Gasteiger partial charge is 0.464 e. The van der Waals surface area contributed by atoms with Crippen LogP contribution in [0.25, 0.3) is 0 Å². The third-order valence-corrected chi connectivity index (χ3v) is 3.52. The lowest BCUT2D eigenvalue weighted by atomic mass is 9.87. The molecule has 6 nitrogen and oxygen atoms in total. The zero-order chi connectivity index (χ0) is 18.4. The van der Waals surface area contributed by atoms with Gasteiger partial charge in [-0.05, 0) is 35.2 Å². The monoisotopic (exact) mass is 342 g/mol. The van der Waals surface area contributed by atoms with Crippen molar-refractivity contribution in [3.8, 4) is 11.6 Å². The number of hydrogen-bond acceptors (Lipinski definition) is 6. The van der Waals surface area contributed by atoms with Crippen LogP contribution in [0.3, 0.4) is 0 Å². The summed E-state index contributed by atoms with van der Waals surface area (Å²) in [6.45, 7) is 6.43. The number of ether oxygens (including phenoxy) is 2. The molecule has 0 fully saturated rings. The van der Waals surface area contributed by atoms with Crippen molar-refractivity contribution in [3.63, 3.8) is 0 Å². The fraction of sp³-hybridized carbons (Fsp3) is 0.316. The van der Waals surface area contributed by atoms with Crippen molar-refractivity contribution >= 4 is 11.7 Å². The maximum atomic E-state index is 11.9. The van der Waals surface area contributed by atoms with Crippen LogP contribution >= 0.6 is 0 Å². The van der Waals surface area contributed by atoms with Crippen LogP contribution < -0.4 is 4.74 Å². The number of aromatic nitrogens is 1. The third kappa shape index (κ3) is 4.56. The molecule has 0 saturated carbocycles. The van der Waals surface area contributed by atoms with Crippen molar-refractivity contribution in [2.45, 2.75) is 26.2 Å². The SMILES string of the molecule is CON=C(C(=O)OC)c1cccnc1Oc1ccc(C(C)(C)C)cc1. The van der Waals surface area contributed by atoms with E-state index in [9.17, 15) is 4.79 Å². The highest BCUT2D eigenvalue weighted by molar-refractivity contribution is 6.43. The second-order valence-electron chi connectivity index (χ2n) is 6.35. The lowest BCUT2D eigenvalue weighted by Crippen LogP contribution is -2.18. The molecule has 0 aliphatic carbocycles. The molecule has 1 aromatic carbocycles. The van der Waals surface area contributed by atoms with Gasteiger partial charge in [0.1, 0.15) is 12.9 Å². The van der Waals surface area contributed by atoms with E-state index in [1.54, 1.807) is 18.3 Å². The number of pyridine rings is 1. The van der Waals surface area contributed by atoms with E-state index in [-0.39, 0.29) is 17.0 Å². The van der Waals surface area contributed by atoms with Gasteiger partial charge in [0, 0.05) is 6.20 Å². The average molecular weight is 342 g/mol. The summed E-state index contributed by atoms with van der Waals surface area (Å²) >= 11 is 0. The molecule has 0 aliphatic rings. The second-order valence-corrected chi connectivity index (χ2v) is 6.35. The summed E-state index contributed by atoms with van der Waals surface area (Å²) in [5, 5.41) is 3.74. The molecular formula is C19H22N2O4. The number of carbonyl (C=O) groups excluding carboxylic acids is 1. The van der Waals surface area contributed by atoms with E-state index in [2.05, 4.69) is 30.9 Å². The van der Waals surface area contributed by atoms with Crippen LogP contribution in [0.15, 0.2) is 47.8 Å². The summed E-state index contributed by atoms with van der Waals surface area (Å²) < 4.78 is 10.6. The molecule has 0 amide bonds. The van der Waals surface area contributed by atoms with Gasteiger partial charge in [0.25, 0.3) is 0 Å². The molecule has 132 valence electrons. The molecule has 0 atom stereocenters. The third-order valence-electron chi connectivity index (χ3n) is 3.52. The Kier molecular flexibility index (Phi) is 5.75. The van der Waals surface area contributed by atoms with E-state index < -0.39 is 5.97 Å². The molecule has 2 rings (SSSR count). The lowest BCUT2D eigenvalue weighted by molar-refractivity contribution is -0.132. The maximum Gasteiger partial charge on any atom is 0.360 e. The van der Waals surface area contributed by atoms with Crippen LogP contribution in [0.1, 0.15) is 31.9 Å². The summed E-state index contributed by atoms with van der Waals surface area (Å²) in [5.74, 6) is 0.213. The Morgan fingerprint density at radius 3 is 2.32 bits per heavy atom. The summed E-state index contributed by atoms with van der Waals surface area (Å²) in [4.78, 5) is 20.9. The first kappa shape index (κ1) is 18.4. The molecule has 0 bridgehead atoms. The van der Waals surface area contributed by atoms with Gasteiger partial charge in [-0.3, -0.25) is 0 Å². The average Bonchev–Trinajstić information content (AvgIpc) is 2.59. The quantitative estimate of drug-likeness (QED) is 0.471. The summed E-state index contributed by atoms with van der Waals surface area (Å²) in [6, 6.07) is 11.1. The van der Waals surface area contributed by atoms with Gasteiger partial charge in [-0.15, -0.1) is 0 Å². The van der Waals surface area contributed by atoms with Crippen LogP contribution in [-0.4, -0.2) is 30.9 Å². The molecule has 0 unspecified atom stereocenters. The molecule has 6 heteroatoms. The molecule has 0 aliphatic heterocycles. The number of benzene rings is 1. The summed E-state index contributed by atoms with van der Waals surface area (Å²) in [6.07, 6.45) is 1.57. The molecule has 0 radical (unpaired) electrons. The number of oxime groups is 1. The predicted octanol–water partition coefficient (Wildman–Crippen LogP) is 3.69. The van der Waals surface area contributed by atoms with Gasteiger partial charge in [0.15, 0.2) is 5.71 Å². The van der Waals surface area contributed by atoms with Gasteiger partial charge >= 0.3 is 5.97 Å². The van der Waals surface area contributed by atoms with E-state index in [1.165, 1.54) is 19.8 Å². The first-order chi connectivity index (χ1) is 11.9. The normalized spacial score (nSPS) is 11.8. The highest BCUT2D eigenvalue weighted by Crippen LogP contribution is 2.28. The number of hydrogen-bond donors (Lipinski definition) is 0. The smallest absolute Gasteiger partial charge is 0.360 e. The maximum absolute atomic E-state index is 11.9. The lowest BCUT2D eigenvalue weighted by Gasteiger charge is -2.19. The highest BCUT2D eigenvalue weighted by atomic mass is 16.6. The van der Waals surface area contributed by atoms with Crippen molar-refractivity contribution in [1.29, 1.82) is 0 Å². The van der Waals surface area contributed by atoms with Crippen LogP contribution in [0.5, 0.6) is 11.6 Å². The van der Waals surface area contributed by atoms with Crippen molar-refractivity contribution in [3.05, 3.63) is 53.7 Å². The van der Waals surface area contributed by atoms with Gasteiger partial charge in [-0.2, -0.15) is 0 Å². The molecule has 0 saturated heterocycles. The van der Waals surface area contributed by atoms with Crippen molar-refractivity contribution < 1.29 is 19.1 Å². The molecule has 2 aromatic rings. The Labute approximate surface area is 147 Å². The molecule has 0 spiro atoms. The van der Waals surface area contributed by atoms with Gasteiger partial charge in [-0.25, -0.2) is 9.78 Å². The molecule has 25 heavy (non-hydrogen) atoms. The molecule has 1 aromatic heterocycles. The van der Waals surface area contributed by atoms with Crippen LogP contribution in [0.4, 0.5) is 0 Å². The van der Waals surface area contributed by atoms with Crippen molar-refractivity contribution in [2.75, 3.05) is 14.2 Å². The fourth-order valence-corrected chi connectivity index (χ4v) is 2.17. The van der Waals surface area contributed by atoms with Crippen LogP contribution in [0, 0.1) is 0 Å². The topological polar surface area (TPSA) is 70.0 Å². The molecule has 1 heterocycles. The summed E-state index contributed by atoms with van der Waals surface area (Å²) in [5.41, 5.74) is 1.62. The van der Waals surface area contributed by atoms with Gasteiger partial charge in [0.05, 0.1) is 12.7 Å². The Hall–Kier alpha value is -2.89. The first-order valence-electron chi connectivity index (χ1n) is 7.80. The zero-order valence-corrected chi connectivity index (χ0v) is 15.1. The number of nitrogens with zero attached hydrogens (tertiary/aromatic N) is 2. The van der Waals surface area contributed by atoms with Gasteiger partial charge in [-0.1, -0.05) is 38.1 Å². The van der Waals surface area contributed by atoms with E-state index in [0.29, 0.717) is 11.3 Å². The van der Waals surface area contributed by atoms with E-state index in [0.717, 1.165) is 0 Å². The van der Waals surface area contributed by atoms with Gasteiger partial charge < -0.3 is 14.3 Å². The number of methoxy groups -OCH3 is 1. The van der Waals surface area contributed by atoms with Crippen molar-refractivity contribution in [2.24, 2.45) is 5.16 Å². The zero-order valence-electron chi connectivity index (χ0n) is 15.1. The Balaban J connectivity index is 2.35. The standard InChI is InChI=1S/C19H22N2O4/c1-19(2,3)13-8-10-14(11-9-13)25-17-15(7-6-12-20-17)16(21-24-5)18(22)23-4/h6-12H,1-5H3. The van der Waals surface area contributed by atoms with Crippen LogP contribution in [0.2, 0.25) is 0 Å². The second kappa shape index (κ2) is 7.79. The molecule has 0 N–H and O–H groups in total. The fourth-order valence-electron chi connectivity index (χ4n) is 2.17. The van der Waals surface area contributed by atoms with Crippen LogP contribution in [-0.2, 0) is 19.8 Å². The van der Waals surface area contributed by atoms with E-state index in [1.807, 2.05) is 24.3 Å². The number of carbonyl (C=O) groups is 1. The Morgan fingerprint density at radius 1 is 1.08 bits per heavy atom. The minimum Gasteiger partial charge on any atom is -0.464 e. The van der Waals surface area contributed by atoms with E-state index in [4.69, 9.17) is 14.3 Å². The number of esters is 1.